The molecule has 0 aliphatic carbocycles. The molecule has 4 N–H and O–H groups in total. The second-order valence-electron chi connectivity index (χ2n) is 10.4. The van der Waals surface area contributed by atoms with Gasteiger partial charge in [-0.25, -0.2) is 9.67 Å². The molecular formula is C27H33N11O. The third-order valence-corrected chi connectivity index (χ3v) is 7.24. The molecule has 12 heteroatoms. The van der Waals surface area contributed by atoms with Crippen molar-refractivity contribution < 1.29 is 5.11 Å². The molecule has 0 bridgehead atoms. The maximum atomic E-state index is 11.2. The van der Waals surface area contributed by atoms with Crippen molar-refractivity contribution in [1.82, 2.24) is 39.1 Å². The number of piperidine rings is 1. The van der Waals surface area contributed by atoms with Crippen LogP contribution in [0.25, 0.3) is 16.9 Å². The van der Waals surface area contributed by atoms with Crippen LogP contribution >= 0.6 is 0 Å². The van der Waals surface area contributed by atoms with E-state index in [1.165, 1.54) is 0 Å². The summed E-state index contributed by atoms with van der Waals surface area (Å²) in [4.78, 5) is 16.7. The van der Waals surface area contributed by atoms with Crippen molar-refractivity contribution in [2.45, 2.75) is 51.4 Å². The van der Waals surface area contributed by atoms with Crippen LogP contribution in [0.15, 0.2) is 61.4 Å². The monoisotopic (exact) mass is 527 g/mol. The highest BCUT2D eigenvalue weighted by molar-refractivity contribution is 5.84. The van der Waals surface area contributed by atoms with E-state index >= 15 is 0 Å². The Morgan fingerprint density at radius 1 is 1.10 bits per heavy atom. The maximum Gasteiger partial charge on any atom is 0.229 e. The molecule has 39 heavy (non-hydrogen) atoms. The topological polar surface area (TPSA) is 141 Å². The van der Waals surface area contributed by atoms with E-state index in [-0.39, 0.29) is 6.04 Å². The third-order valence-electron chi connectivity index (χ3n) is 7.24. The van der Waals surface area contributed by atoms with Crippen LogP contribution in [0.4, 0.5) is 17.5 Å². The van der Waals surface area contributed by atoms with Crippen LogP contribution in [0.2, 0.25) is 0 Å². The van der Waals surface area contributed by atoms with E-state index in [0.717, 1.165) is 22.4 Å². The molecule has 1 aliphatic rings. The lowest BCUT2D eigenvalue weighted by atomic mass is 9.91. The minimum atomic E-state index is -0.865. The Bertz CT molecular complexity index is 1560. The number of fused-ring (bicyclic) bond motifs is 1. The smallest absolute Gasteiger partial charge is 0.229 e. The second-order valence-corrected chi connectivity index (χ2v) is 10.4. The van der Waals surface area contributed by atoms with Gasteiger partial charge in [-0.15, -0.1) is 0 Å². The van der Waals surface area contributed by atoms with Crippen molar-refractivity contribution in [1.29, 1.82) is 0 Å². The quantitative estimate of drug-likeness (QED) is 0.278. The fraction of sp³-hybridized carbons (Fsp3) is 0.370. The summed E-state index contributed by atoms with van der Waals surface area (Å²) in [5.74, 6) is 1.30. The molecule has 1 aliphatic heterocycles. The number of aliphatic hydroxyl groups is 1. The summed E-state index contributed by atoms with van der Waals surface area (Å²) >= 11 is 0. The molecule has 1 saturated heterocycles. The highest BCUT2D eigenvalue weighted by atomic mass is 16.3. The van der Waals surface area contributed by atoms with Crippen LogP contribution in [0.5, 0.6) is 0 Å². The Morgan fingerprint density at radius 3 is 2.64 bits per heavy atom. The van der Waals surface area contributed by atoms with Gasteiger partial charge in [-0.05, 0) is 44.4 Å². The van der Waals surface area contributed by atoms with Crippen LogP contribution in [0.1, 0.15) is 38.3 Å². The standard InChI is InChI=1S/C27H33N11O/c1-19(2)37-18-30-23-24(29-14-20-6-3-4-7-22(20)38-11-5-10-31-38)33-26(34-25(23)37)35-12-8-27(39,9-13-35)17-36-16-21(28)15-32-36/h3-7,10-11,15-16,18-19,39H,8-9,12-14,17,28H2,1-2H3,(H,29,33,34). The zero-order valence-electron chi connectivity index (χ0n) is 22.1. The first-order chi connectivity index (χ1) is 18.9. The van der Waals surface area contributed by atoms with Gasteiger partial charge >= 0.3 is 0 Å². The van der Waals surface area contributed by atoms with Crippen molar-refractivity contribution in [2.75, 3.05) is 29.0 Å². The molecule has 5 aromatic rings. The van der Waals surface area contributed by atoms with E-state index in [9.17, 15) is 5.11 Å². The Hall–Kier alpha value is -4.45. The number of nitrogens with zero attached hydrogens (tertiary/aromatic N) is 9. The molecule has 0 spiro atoms. The average molecular weight is 528 g/mol. The van der Waals surface area contributed by atoms with E-state index in [1.807, 2.05) is 41.5 Å². The molecule has 1 fully saturated rings. The number of nitrogens with one attached hydrogen (secondary N) is 1. The first kappa shape index (κ1) is 24.9. The highest BCUT2D eigenvalue weighted by Gasteiger charge is 2.34. The van der Waals surface area contributed by atoms with Crippen molar-refractivity contribution in [3.63, 3.8) is 0 Å². The number of rotatable bonds is 8. The Morgan fingerprint density at radius 2 is 1.92 bits per heavy atom. The molecular weight excluding hydrogens is 494 g/mol. The van der Waals surface area contributed by atoms with Gasteiger partial charge in [0, 0.05) is 44.3 Å². The van der Waals surface area contributed by atoms with Crippen molar-refractivity contribution >= 4 is 28.6 Å². The number of nitrogens with two attached hydrogens (primary N) is 1. The van der Waals surface area contributed by atoms with Gasteiger partial charge in [0.2, 0.25) is 5.95 Å². The van der Waals surface area contributed by atoms with Crippen LogP contribution in [-0.2, 0) is 13.1 Å². The van der Waals surface area contributed by atoms with Gasteiger partial charge in [-0.3, -0.25) is 4.68 Å². The van der Waals surface area contributed by atoms with E-state index in [4.69, 9.17) is 15.7 Å². The number of aromatic nitrogens is 8. The summed E-state index contributed by atoms with van der Waals surface area (Å²) in [5, 5.41) is 23.4. The molecule has 0 amide bonds. The number of anilines is 3. The summed E-state index contributed by atoms with van der Waals surface area (Å²) in [6.45, 7) is 6.41. The van der Waals surface area contributed by atoms with Crippen LogP contribution in [0, 0.1) is 0 Å². The molecule has 1 aromatic carbocycles. The van der Waals surface area contributed by atoms with Crippen molar-refractivity contribution in [2.24, 2.45) is 0 Å². The third kappa shape index (κ3) is 5.02. The Labute approximate surface area is 226 Å². The number of nitrogen functional groups attached to an aromatic ring is 1. The zero-order chi connectivity index (χ0) is 27.0. The first-order valence-electron chi connectivity index (χ1n) is 13.2. The molecule has 5 heterocycles. The lowest BCUT2D eigenvalue weighted by molar-refractivity contribution is -0.00320. The number of imidazole rings is 1. The van der Waals surface area contributed by atoms with Gasteiger partial charge in [0.05, 0.1) is 36.0 Å². The lowest BCUT2D eigenvalue weighted by Gasteiger charge is -2.38. The van der Waals surface area contributed by atoms with E-state index in [0.29, 0.717) is 56.5 Å². The highest BCUT2D eigenvalue weighted by Crippen LogP contribution is 2.30. The summed E-state index contributed by atoms with van der Waals surface area (Å²) in [6, 6.07) is 10.3. The van der Waals surface area contributed by atoms with Gasteiger partial charge in [0.25, 0.3) is 0 Å². The van der Waals surface area contributed by atoms with Gasteiger partial charge < -0.3 is 25.6 Å². The summed E-state index contributed by atoms with van der Waals surface area (Å²) in [6.07, 6.45) is 10.0. The van der Waals surface area contributed by atoms with Crippen molar-refractivity contribution in [3.8, 4) is 5.69 Å². The van der Waals surface area contributed by atoms with Gasteiger partial charge in [0.1, 0.15) is 0 Å². The minimum Gasteiger partial charge on any atom is -0.396 e. The predicted molar refractivity (Wildman–Crippen MR) is 150 cm³/mol. The van der Waals surface area contributed by atoms with E-state index < -0.39 is 5.60 Å². The molecule has 0 radical (unpaired) electrons. The Balaban J connectivity index is 1.26. The lowest BCUT2D eigenvalue weighted by Crippen LogP contribution is -2.47. The van der Waals surface area contributed by atoms with E-state index in [1.54, 1.807) is 23.3 Å². The largest absolute Gasteiger partial charge is 0.396 e. The zero-order valence-corrected chi connectivity index (χ0v) is 22.1. The molecule has 0 saturated carbocycles. The van der Waals surface area contributed by atoms with Crippen LogP contribution in [-0.4, -0.2) is 62.9 Å². The Kier molecular flexibility index (Phi) is 6.39. The number of para-hydroxylation sites is 1. The second kappa shape index (κ2) is 10.0. The molecule has 6 rings (SSSR count). The van der Waals surface area contributed by atoms with Crippen LogP contribution in [0.3, 0.4) is 0 Å². The van der Waals surface area contributed by atoms with E-state index in [2.05, 4.69) is 49.9 Å². The normalized spacial score (nSPS) is 15.3. The fourth-order valence-corrected chi connectivity index (χ4v) is 5.07. The minimum absolute atomic E-state index is 0.194. The molecule has 0 atom stereocenters. The van der Waals surface area contributed by atoms with Gasteiger partial charge in [0.15, 0.2) is 17.0 Å². The predicted octanol–water partition coefficient (Wildman–Crippen LogP) is 3.02. The average Bonchev–Trinajstić information content (AvgIpc) is 3.69. The number of hydrogen-bond acceptors (Lipinski definition) is 9. The van der Waals surface area contributed by atoms with Gasteiger partial charge in [-0.2, -0.15) is 20.2 Å². The van der Waals surface area contributed by atoms with Gasteiger partial charge in [-0.1, -0.05) is 18.2 Å². The molecule has 4 aromatic heterocycles. The van der Waals surface area contributed by atoms with Crippen molar-refractivity contribution in [3.05, 3.63) is 67.0 Å². The summed E-state index contributed by atoms with van der Waals surface area (Å²) < 4.78 is 5.63. The fourth-order valence-electron chi connectivity index (χ4n) is 5.07. The SMILES string of the molecule is CC(C)n1cnc2c(NCc3ccccc3-n3cccn3)nc(N3CCC(O)(Cn4cc(N)cn4)CC3)nc21. The molecule has 0 unspecified atom stereocenters. The molecule has 202 valence electrons. The van der Waals surface area contributed by atoms with Crippen LogP contribution < -0.4 is 16.0 Å². The molecule has 12 nitrogen and oxygen atoms in total. The maximum absolute atomic E-state index is 11.2. The number of hydrogen-bond donors (Lipinski definition) is 3. The number of benzene rings is 1. The summed E-state index contributed by atoms with van der Waals surface area (Å²) in [5.41, 5.74) is 9.12. The first-order valence-corrected chi connectivity index (χ1v) is 13.2. The summed E-state index contributed by atoms with van der Waals surface area (Å²) in [7, 11) is 0.